The Bertz CT molecular complexity index is 369. The maximum Gasteiger partial charge on any atom is 0.0762 e. The Balaban J connectivity index is 1.86. The molecule has 1 aliphatic rings. The van der Waals surface area contributed by atoms with Crippen LogP contribution in [-0.2, 0) is 6.54 Å². The Hall–Kier alpha value is -0.870. The second kappa shape index (κ2) is 7.06. The summed E-state index contributed by atoms with van der Waals surface area (Å²) in [6.07, 6.45) is 8.67. The normalized spacial score (nSPS) is 18.9. The van der Waals surface area contributed by atoms with Crippen molar-refractivity contribution in [1.29, 1.82) is 0 Å². The maximum absolute atomic E-state index is 9.30. The number of nitrogens with one attached hydrogen (secondary N) is 1. The molecule has 1 aromatic heterocycles. The lowest BCUT2D eigenvalue weighted by Gasteiger charge is -2.22. The summed E-state index contributed by atoms with van der Waals surface area (Å²) < 4.78 is 2.14. The molecular formula is C15H27N3O. The van der Waals surface area contributed by atoms with Crippen molar-refractivity contribution < 1.29 is 5.11 Å². The molecule has 2 rings (SSSR count). The minimum atomic E-state index is 0.153. The zero-order chi connectivity index (χ0) is 13.7. The van der Waals surface area contributed by atoms with Gasteiger partial charge in [0, 0.05) is 18.8 Å². The van der Waals surface area contributed by atoms with Gasteiger partial charge in [-0.2, -0.15) is 5.10 Å². The van der Waals surface area contributed by atoms with E-state index in [1.165, 1.54) is 32.1 Å². The Kier molecular flexibility index (Phi) is 5.40. The molecule has 2 N–H and O–H groups in total. The molecule has 1 aliphatic carbocycles. The van der Waals surface area contributed by atoms with Gasteiger partial charge in [0.15, 0.2) is 0 Å². The molecule has 4 heteroatoms. The minimum absolute atomic E-state index is 0.153. The lowest BCUT2D eigenvalue weighted by Crippen LogP contribution is -2.36. The van der Waals surface area contributed by atoms with Crippen LogP contribution in [0.2, 0.25) is 0 Å². The highest BCUT2D eigenvalue weighted by Crippen LogP contribution is 2.27. The van der Waals surface area contributed by atoms with Gasteiger partial charge in [0.05, 0.1) is 18.3 Å². The van der Waals surface area contributed by atoms with E-state index in [1.807, 2.05) is 0 Å². The second-order valence-corrected chi connectivity index (χ2v) is 5.99. The molecule has 0 spiro atoms. The van der Waals surface area contributed by atoms with Gasteiger partial charge in [-0.3, -0.25) is 4.68 Å². The Morgan fingerprint density at radius 3 is 2.74 bits per heavy atom. The van der Waals surface area contributed by atoms with Crippen molar-refractivity contribution in [2.24, 2.45) is 5.92 Å². The molecule has 0 radical (unpaired) electrons. The molecule has 1 unspecified atom stereocenters. The molecule has 0 aromatic carbocycles. The van der Waals surface area contributed by atoms with E-state index >= 15 is 0 Å². The van der Waals surface area contributed by atoms with Crippen LogP contribution in [-0.4, -0.2) is 27.5 Å². The highest BCUT2D eigenvalue weighted by Gasteiger charge is 2.16. The summed E-state index contributed by atoms with van der Waals surface area (Å²) in [7, 11) is 0. The van der Waals surface area contributed by atoms with Crippen LogP contribution in [0.3, 0.4) is 0 Å². The van der Waals surface area contributed by atoms with Gasteiger partial charge in [-0.05, 0) is 24.8 Å². The van der Waals surface area contributed by atoms with Crippen LogP contribution >= 0.6 is 0 Å². The quantitative estimate of drug-likeness (QED) is 0.831. The monoisotopic (exact) mass is 265 g/mol. The predicted octanol–water partition coefficient (Wildman–Crippen LogP) is 2.49. The number of rotatable bonds is 6. The van der Waals surface area contributed by atoms with E-state index in [2.05, 4.69) is 41.2 Å². The number of aliphatic hydroxyl groups excluding tert-OH is 1. The van der Waals surface area contributed by atoms with Crippen LogP contribution in [0.25, 0.3) is 0 Å². The van der Waals surface area contributed by atoms with Gasteiger partial charge in [0.2, 0.25) is 0 Å². The fraction of sp³-hybridized carbons (Fsp3) is 0.800. The first-order valence-electron chi connectivity index (χ1n) is 7.59. The predicted molar refractivity (Wildman–Crippen MR) is 76.9 cm³/mol. The van der Waals surface area contributed by atoms with E-state index in [-0.39, 0.29) is 12.6 Å². The van der Waals surface area contributed by atoms with E-state index in [9.17, 15) is 5.11 Å². The standard InChI is InChI=1S/C15H27N3O/c1-12(2)15(11-19)16-10-13-8-9-18(17-13)14-6-4-3-5-7-14/h8-9,12,14-16,19H,3-7,10-11H2,1-2H3. The first-order valence-corrected chi connectivity index (χ1v) is 7.59. The maximum atomic E-state index is 9.30. The average Bonchev–Trinajstić information content (AvgIpc) is 2.89. The van der Waals surface area contributed by atoms with Crippen molar-refractivity contribution in [2.75, 3.05) is 6.61 Å². The van der Waals surface area contributed by atoms with Crippen LogP contribution in [0.5, 0.6) is 0 Å². The van der Waals surface area contributed by atoms with Crippen LogP contribution in [0.4, 0.5) is 0 Å². The number of hydrogen-bond acceptors (Lipinski definition) is 3. The van der Waals surface area contributed by atoms with Gasteiger partial charge in [-0.1, -0.05) is 33.1 Å². The molecule has 0 amide bonds. The fourth-order valence-corrected chi connectivity index (χ4v) is 2.77. The molecule has 1 saturated carbocycles. The van der Waals surface area contributed by atoms with Crippen molar-refractivity contribution >= 4 is 0 Å². The van der Waals surface area contributed by atoms with E-state index < -0.39 is 0 Å². The summed E-state index contributed by atoms with van der Waals surface area (Å²) in [5.74, 6) is 0.436. The molecule has 4 nitrogen and oxygen atoms in total. The Labute approximate surface area is 116 Å². The van der Waals surface area contributed by atoms with Crippen LogP contribution in [0, 0.1) is 5.92 Å². The molecule has 1 atom stereocenters. The van der Waals surface area contributed by atoms with Gasteiger partial charge in [0.25, 0.3) is 0 Å². The highest BCUT2D eigenvalue weighted by molar-refractivity contribution is 5.00. The fourth-order valence-electron chi connectivity index (χ4n) is 2.77. The Morgan fingerprint density at radius 1 is 1.37 bits per heavy atom. The Morgan fingerprint density at radius 2 is 2.11 bits per heavy atom. The molecule has 0 bridgehead atoms. The summed E-state index contributed by atoms with van der Waals surface area (Å²) in [5, 5.41) is 17.3. The third-order valence-corrected chi connectivity index (χ3v) is 4.16. The number of hydrogen-bond donors (Lipinski definition) is 2. The molecule has 1 fully saturated rings. The summed E-state index contributed by atoms with van der Waals surface area (Å²) in [5.41, 5.74) is 1.07. The lowest BCUT2D eigenvalue weighted by atomic mass is 9.96. The van der Waals surface area contributed by atoms with Crippen LogP contribution in [0.15, 0.2) is 12.3 Å². The van der Waals surface area contributed by atoms with Crippen molar-refractivity contribution in [3.63, 3.8) is 0 Å². The van der Waals surface area contributed by atoms with Gasteiger partial charge in [-0.15, -0.1) is 0 Å². The van der Waals surface area contributed by atoms with Crippen LogP contribution < -0.4 is 5.32 Å². The molecule has 19 heavy (non-hydrogen) atoms. The molecular weight excluding hydrogens is 238 g/mol. The van der Waals surface area contributed by atoms with E-state index in [1.54, 1.807) is 0 Å². The molecule has 108 valence electrons. The SMILES string of the molecule is CC(C)C(CO)NCc1ccn(C2CCCCC2)n1. The molecule has 0 aliphatic heterocycles. The first-order chi connectivity index (χ1) is 9.20. The summed E-state index contributed by atoms with van der Waals surface area (Å²) in [4.78, 5) is 0. The van der Waals surface area contributed by atoms with E-state index in [0.717, 1.165) is 12.2 Å². The van der Waals surface area contributed by atoms with E-state index in [4.69, 9.17) is 0 Å². The lowest BCUT2D eigenvalue weighted by molar-refractivity contribution is 0.209. The highest BCUT2D eigenvalue weighted by atomic mass is 16.3. The number of nitrogens with zero attached hydrogens (tertiary/aromatic N) is 2. The summed E-state index contributed by atoms with van der Waals surface area (Å²) in [6, 6.07) is 2.84. The minimum Gasteiger partial charge on any atom is -0.395 e. The summed E-state index contributed by atoms with van der Waals surface area (Å²) in [6.45, 7) is 5.16. The summed E-state index contributed by atoms with van der Waals surface area (Å²) >= 11 is 0. The second-order valence-electron chi connectivity index (χ2n) is 5.99. The van der Waals surface area contributed by atoms with Crippen LogP contribution in [0.1, 0.15) is 57.7 Å². The van der Waals surface area contributed by atoms with Crippen molar-refractivity contribution in [1.82, 2.24) is 15.1 Å². The van der Waals surface area contributed by atoms with Crippen molar-refractivity contribution in [2.45, 2.75) is 64.6 Å². The zero-order valence-electron chi connectivity index (χ0n) is 12.2. The smallest absolute Gasteiger partial charge is 0.0762 e. The zero-order valence-corrected chi connectivity index (χ0v) is 12.2. The first kappa shape index (κ1) is 14.5. The molecule has 0 saturated heterocycles. The molecule has 1 heterocycles. The number of aliphatic hydroxyl groups is 1. The largest absolute Gasteiger partial charge is 0.395 e. The topological polar surface area (TPSA) is 50.1 Å². The van der Waals surface area contributed by atoms with Crippen molar-refractivity contribution in [3.8, 4) is 0 Å². The van der Waals surface area contributed by atoms with Crippen molar-refractivity contribution in [3.05, 3.63) is 18.0 Å². The van der Waals surface area contributed by atoms with E-state index in [0.29, 0.717) is 12.0 Å². The van der Waals surface area contributed by atoms with Gasteiger partial charge in [-0.25, -0.2) is 0 Å². The third-order valence-electron chi connectivity index (χ3n) is 4.16. The van der Waals surface area contributed by atoms with Gasteiger partial charge in [0.1, 0.15) is 0 Å². The molecule has 1 aromatic rings. The van der Waals surface area contributed by atoms with Gasteiger partial charge < -0.3 is 10.4 Å². The average molecular weight is 265 g/mol. The van der Waals surface area contributed by atoms with Gasteiger partial charge >= 0.3 is 0 Å². The third kappa shape index (κ3) is 4.05. The number of aromatic nitrogens is 2.